The standard InChI is InChI=1S/C11H12F3N5O/c1-6-2-8(20-19-6)5-16-9-3-7(11(12,13)14)4-10(17-9)18-15/h2-4H,5,15H2,1H3,(H2,16,17,18). The first-order valence-corrected chi connectivity index (χ1v) is 5.60. The minimum absolute atomic E-state index is 0.0295. The van der Waals surface area contributed by atoms with Gasteiger partial charge in [0.05, 0.1) is 17.8 Å². The molecule has 2 aromatic rings. The normalized spacial score (nSPS) is 11.4. The molecule has 2 aromatic heterocycles. The van der Waals surface area contributed by atoms with Crippen LogP contribution in [0.15, 0.2) is 22.7 Å². The van der Waals surface area contributed by atoms with Gasteiger partial charge in [0.1, 0.15) is 11.6 Å². The van der Waals surface area contributed by atoms with Crippen molar-refractivity contribution in [3.63, 3.8) is 0 Å². The maximum atomic E-state index is 12.7. The Morgan fingerprint density at radius 3 is 2.50 bits per heavy atom. The van der Waals surface area contributed by atoms with Gasteiger partial charge in [-0.2, -0.15) is 13.2 Å². The Balaban J connectivity index is 2.18. The van der Waals surface area contributed by atoms with E-state index in [1.807, 2.05) is 0 Å². The fourth-order valence-corrected chi connectivity index (χ4v) is 1.54. The second kappa shape index (κ2) is 5.37. The van der Waals surface area contributed by atoms with Crippen LogP contribution in [0.4, 0.5) is 24.8 Å². The van der Waals surface area contributed by atoms with Crippen LogP contribution in [0.1, 0.15) is 17.0 Å². The minimum Gasteiger partial charge on any atom is -0.363 e. The molecule has 0 unspecified atom stereocenters. The van der Waals surface area contributed by atoms with E-state index in [0.29, 0.717) is 11.5 Å². The molecule has 108 valence electrons. The fourth-order valence-electron chi connectivity index (χ4n) is 1.54. The number of rotatable bonds is 4. The molecule has 6 nitrogen and oxygen atoms in total. The summed E-state index contributed by atoms with van der Waals surface area (Å²) in [6.07, 6.45) is -4.48. The van der Waals surface area contributed by atoms with E-state index < -0.39 is 11.7 Å². The maximum Gasteiger partial charge on any atom is 0.416 e. The first-order chi connectivity index (χ1) is 9.38. The Morgan fingerprint density at radius 2 is 1.95 bits per heavy atom. The van der Waals surface area contributed by atoms with Gasteiger partial charge in [-0.3, -0.25) is 0 Å². The summed E-state index contributed by atoms with van der Waals surface area (Å²) in [5, 5.41) is 6.39. The summed E-state index contributed by atoms with van der Waals surface area (Å²) in [5.41, 5.74) is 1.93. The van der Waals surface area contributed by atoms with Crippen LogP contribution in [0.5, 0.6) is 0 Å². The van der Waals surface area contributed by atoms with E-state index in [9.17, 15) is 13.2 Å². The van der Waals surface area contributed by atoms with Gasteiger partial charge in [-0.05, 0) is 19.1 Å². The number of aromatic nitrogens is 2. The van der Waals surface area contributed by atoms with Gasteiger partial charge in [0.25, 0.3) is 0 Å². The molecule has 0 saturated heterocycles. The lowest BCUT2D eigenvalue weighted by molar-refractivity contribution is -0.137. The highest BCUT2D eigenvalue weighted by atomic mass is 19.4. The predicted octanol–water partition coefficient (Wildman–Crippen LogP) is 2.29. The molecule has 20 heavy (non-hydrogen) atoms. The first kappa shape index (κ1) is 14.1. The van der Waals surface area contributed by atoms with E-state index >= 15 is 0 Å². The number of hydrogen-bond donors (Lipinski definition) is 3. The van der Waals surface area contributed by atoms with Crippen LogP contribution in [0.25, 0.3) is 0 Å². The second-order valence-corrected chi connectivity index (χ2v) is 4.06. The largest absolute Gasteiger partial charge is 0.416 e. The zero-order chi connectivity index (χ0) is 14.8. The van der Waals surface area contributed by atoms with Crippen LogP contribution >= 0.6 is 0 Å². The number of anilines is 2. The number of hydrogen-bond acceptors (Lipinski definition) is 6. The lowest BCUT2D eigenvalue weighted by atomic mass is 10.2. The zero-order valence-electron chi connectivity index (χ0n) is 10.5. The van der Waals surface area contributed by atoms with Gasteiger partial charge in [0, 0.05) is 6.07 Å². The molecule has 0 bridgehead atoms. The van der Waals surface area contributed by atoms with Crippen molar-refractivity contribution in [2.24, 2.45) is 5.84 Å². The van der Waals surface area contributed by atoms with Crippen LogP contribution < -0.4 is 16.6 Å². The number of halogens is 3. The molecular weight excluding hydrogens is 275 g/mol. The van der Waals surface area contributed by atoms with Crippen LogP contribution in [-0.2, 0) is 12.7 Å². The van der Waals surface area contributed by atoms with Crippen molar-refractivity contribution in [1.82, 2.24) is 10.1 Å². The van der Waals surface area contributed by atoms with Gasteiger partial charge in [0.15, 0.2) is 5.76 Å². The number of nitrogens with two attached hydrogens (primary N) is 1. The Labute approximate surface area is 112 Å². The summed E-state index contributed by atoms with van der Waals surface area (Å²) in [6, 6.07) is 3.39. The molecule has 0 aliphatic rings. The molecule has 2 heterocycles. The van der Waals surface area contributed by atoms with Crippen LogP contribution in [-0.4, -0.2) is 10.1 Å². The third-order valence-corrected chi connectivity index (χ3v) is 2.42. The van der Waals surface area contributed by atoms with Crippen molar-refractivity contribution >= 4 is 11.6 Å². The molecule has 0 saturated carbocycles. The van der Waals surface area contributed by atoms with Crippen molar-refractivity contribution in [2.75, 3.05) is 10.7 Å². The number of aryl methyl sites for hydroxylation is 1. The van der Waals surface area contributed by atoms with Gasteiger partial charge >= 0.3 is 6.18 Å². The molecule has 0 radical (unpaired) electrons. The first-order valence-electron chi connectivity index (χ1n) is 5.60. The number of pyridine rings is 1. The summed E-state index contributed by atoms with van der Waals surface area (Å²) in [6.45, 7) is 1.91. The van der Waals surface area contributed by atoms with E-state index in [1.54, 1.807) is 13.0 Å². The average molecular weight is 287 g/mol. The van der Waals surface area contributed by atoms with Gasteiger partial charge in [-0.25, -0.2) is 10.8 Å². The molecule has 0 fully saturated rings. The number of nitrogens with zero attached hydrogens (tertiary/aromatic N) is 2. The topological polar surface area (TPSA) is 89.0 Å². The second-order valence-electron chi connectivity index (χ2n) is 4.06. The maximum absolute atomic E-state index is 12.7. The molecule has 0 atom stereocenters. The molecular formula is C11H12F3N5O. The Kier molecular flexibility index (Phi) is 3.79. The third-order valence-electron chi connectivity index (χ3n) is 2.42. The van der Waals surface area contributed by atoms with Gasteiger partial charge in [-0.15, -0.1) is 0 Å². The van der Waals surface area contributed by atoms with E-state index in [1.165, 1.54) is 0 Å². The van der Waals surface area contributed by atoms with Crippen molar-refractivity contribution in [2.45, 2.75) is 19.6 Å². The van der Waals surface area contributed by atoms with Crippen molar-refractivity contribution in [3.8, 4) is 0 Å². The van der Waals surface area contributed by atoms with Crippen molar-refractivity contribution < 1.29 is 17.7 Å². The number of alkyl halides is 3. The lowest BCUT2D eigenvalue weighted by Gasteiger charge is -2.11. The quantitative estimate of drug-likeness (QED) is 0.590. The predicted molar refractivity (Wildman–Crippen MR) is 65.6 cm³/mol. The van der Waals surface area contributed by atoms with E-state index in [-0.39, 0.29) is 18.2 Å². The van der Waals surface area contributed by atoms with Crippen molar-refractivity contribution in [1.29, 1.82) is 0 Å². The molecule has 0 aliphatic heterocycles. The van der Waals surface area contributed by atoms with Gasteiger partial charge in [0.2, 0.25) is 0 Å². The highest BCUT2D eigenvalue weighted by Crippen LogP contribution is 2.31. The molecule has 0 aliphatic carbocycles. The lowest BCUT2D eigenvalue weighted by Crippen LogP contribution is -2.13. The summed E-state index contributed by atoms with van der Waals surface area (Å²) in [7, 11) is 0. The Bertz CT molecular complexity index is 596. The number of nitrogen functional groups attached to an aromatic ring is 1. The minimum atomic E-state index is -4.48. The van der Waals surface area contributed by atoms with Gasteiger partial charge in [-0.1, -0.05) is 5.16 Å². The van der Waals surface area contributed by atoms with Crippen LogP contribution in [0, 0.1) is 6.92 Å². The molecule has 0 amide bonds. The molecule has 9 heteroatoms. The summed E-state index contributed by atoms with van der Waals surface area (Å²) in [4.78, 5) is 3.88. The van der Waals surface area contributed by atoms with Crippen LogP contribution in [0.3, 0.4) is 0 Å². The summed E-state index contributed by atoms with van der Waals surface area (Å²) in [5.74, 6) is 5.54. The van der Waals surface area contributed by atoms with Crippen molar-refractivity contribution in [3.05, 3.63) is 35.2 Å². The Morgan fingerprint density at radius 1 is 1.25 bits per heavy atom. The highest BCUT2D eigenvalue weighted by molar-refractivity contribution is 5.49. The van der Waals surface area contributed by atoms with Crippen LogP contribution in [0.2, 0.25) is 0 Å². The fraction of sp³-hybridized carbons (Fsp3) is 0.273. The van der Waals surface area contributed by atoms with E-state index in [0.717, 1.165) is 12.1 Å². The highest BCUT2D eigenvalue weighted by Gasteiger charge is 2.31. The third kappa shape index (κ3) is 3.38. The number of nitrogens with one attached hydrogen (secondary N) is 2. The zero-order valence-corrected chi connectivity index (χ0v) is 10.5. The molecule has 4 N–H and O–H groups in total. The van der Waals surface area contributed by atoms with E-state index in [2.05, 4.69) is 20.9 Å². The molecule has 0 spiro atoms. The van der Waals surface area contributed by atoms with Gasteiger partial charge < -0.3 is 15.3 Å². The number of hydrazine groups is 1. The summed E-state index contributed by atoms with van der Waals surface area (Å²) >= 11 is 0. The van der Waals surface area contributed by atoms with E-state index in [4.69, 9.17) is 10.4 Å². The molecule has 0 aromatic carbocycles. The monoisotopic (exact) mass is 287 g/mol. The average Bonchev–Trinajstić information content (AvgIpc) is 2.81. The SMILES string of the molecule is Cc1cc(CNc2cc(C(F)(F)F)cc(NN)n2)on1. The Hall–Kier alpha value is -2.29. The smallest absolute Gasteiger partial charge is 0.363 e. The summed E-state index contributed by atoms with van der Waals surface area (Å²) < 4.78 is 43.0. The molecule has 2 rings (SSSR count).